The van der Waals surface area contributed by atoms with Crippen LogP contribution in [0.25, 0.3) is 0 Å². The summed E-state index contributed by atoms with van der Waals surface area (Å²) in [5.41, 5.74) is 2.80. The van der Waals surface area contributed by atoms with Crippen molar-refractivity contribution in [1.29, 1.82) is 0 Å². The van der Waals surface area contributed by atoms with E-state index in [1.807, 2.05) is 6.92 Å². The number of nitrogens with two attached hydrogens (primary N) is 1. The number of hydrogen-bond acceptors (Lipinski definition) is 4. The third kappa shape index (κ3) is 3.48. The molecule has 0 aliphatic carbocycles. The van der Waals surface area contributed by atoms with Crippen LogP contribution >= 0.6 is 0 Å². The van der Waals surface area contributed by atoms with E-state index in [9.17, 15) is 0 Å². The summed E-state index contributed by atoms with van der Waals surface area (Å²) in [4.78, 5) is 0. The van der Waals surface area contributed by atoms with Gasteiger partial charge in [0.2, 0.25) is 0 Å². The second-order valence-corrected chi connectivity index (χ2v) is 3.67. The Labute approximate surface area is 91.8 Å². The minimum atomic E-state index is -0.00704. The van der Waals surface area contributed by atoms with Crippen LogP contribution in [0.5, 0.6) is 0 Å². The standard InChI is InChI=1S/C11H22N2O2/c1-3-6-9(14-4-2)11(13-12)10-7-5-8-15-10/h7,9,11,13H,3-6,8,12H2,1-2H3. The minimum absolute atomic E-state index is 0.00704. The maximum Gasteiger partial charge on any atom is 0.113 e. The zero-order valence-corrected chi connectivity index (χ0v) is 9.66. The first kappa shape index (κ1) is 12.5. The first-order chi connectivity index (χ1) is 7.33. The quantitative estimate of drug-likeness (QED) is 0.496. The van der Waals surface area contributed by atoms with Gasteiger partial charge in [-0.2, -0.15) is 0 Å². The molecule has 0 saturated carbocycles. The van der Waals surface area contributed by atoms with E-state index in [-0.39, 0.29) is 12.1 Å². The number of rotatable bonds is 7. The van der Waals surface area contributed by atoms with Crippen LogP contribution in [0.3, 0.4) is 0 Å². The van der Waals surface area contributed by atoms with Crippen molar-refractivity contribution >= 4 is 0 Å². The molecule has 0 fully saturated rings. The Morgan fingerprint density at radius 3 is 2.87 bits per heavy atom. The van der Waals surface area contributed by atoms with E-state index in [1.165, 1.54) is 0 Å². The van der Waals surface area contributed by atoms with Crippen LogP contribution in [0.1, 0.15) is 33.1 Å². The summed E-state index contributed by atoms with van der Waals surface area (Å²) in [6.07, 6.45) is 5.24. The Morgan fingerprint density at radius 1 is 1.60 bits per heavy atom. The highest BCUT2D eigenvalue weighted by molar-refractivity contribution is 5.09. The van der Waals surface area contributed by atoms with Gasteiger partial charge in [-0.05, 0) is 19.4 Å². The molecule has 2 unspecified atom stereocenters. The molecule has 2 atom stereocenters. The van der Waals surface area contributed by atoms with Gasteiger partial charge >= 0.3 is 0 Å². The summed E-state index contributed by atoms with van der Waals surface area (Å²) in [5.74, 6) is 6.50. The lowest BCUT2D eigenvalue weighted by atomic mass is 10.0. The van der Waals surface area contributed by atoms with Gasteiger partial charge in [0.25, 0.3) is 0 Å². The second-order valence-electron chi connectivity index (χ2n) is 3.67. The third-order valence-corrected chi connectivity index (χ3v) is 2.54. The van der Waals surface area contributed by atoms with E-state index < -0.39 is 0 Å². The van der Waals surface area contributed by atoms with Crippen molar-refractivity contribution in [3.05, 3.63) is 11.8 Å². The van der Waals surface area contributed by atoms with Crippen LogP contribution in [0.2, 0.25) is 0 Å². The van der Waals surface area contributed by atoms with Gasteiger partial charge in [0.15, 0.2) is 0 Å². The van der Waals surface area contributed by atoms with Gasteiger partial charge in [0.05, 0.1) is 12.7 Å². The molecule has 1 aliphatic rings. The lowest BCUT2D eigenvalue weighted by molar-refractivity contribution is 0.0227. The summed E-state index contributed by atoms with van der Waals surface area (Å²) in [5, 5.41) is 0. The van der Waals surface area contributed by atoms with Crippen LogP contribution in [0, 0.1) is 0 Å². The van der Waals surface area contributed by atoms with Gasteiger partial charge in [0, 0.05) is 13.0 Å². The number of nitrogens with one attached hydrogen (secondary N) is 1. The van der Waals surface area contributed by atoms with E-state index in [0.717, 1.165) is 31.6 Å². The average molecular weight is 214 g/mol. The molecular formula is C11H22N2O2. The molecule has 1 heterocycles. The Hall–Kier alpha value is -0.580. The fourth-order valence-corrected chi connectivity index (χ4v) is 1.87. The molecule has 0 aromatic carbocycles. The van der Waals surface area contributed by atoms with Crippen LogP contribution in [-0.2, 0) is 9.47 Å². The molecule has 0 amide bonds. The molecule has 0 aromatic rings. The number of hydrazine groups is 1. The number of ether oxygens (including phenoxy) is 2. The summed E-state index contributed by atoms with van der Waals surface area (Å²) < 4.78 is 11.2. The predicted octanol–water partition coefficient (Wildman–Crippen LogP) is 1.33. The van der Waals surface area contributed by atoms with Crippen molar-refractivity contribution in [3.8, 4) is 0 Å². The molecule has 1 rings (SSSR count). The fraction of sp³-hybridized carbons (Fsp3) is 0.818. The van der Waals surface area contributed by atoms with Gasteiger partial charge in [-0.15, -0.1) is 0 Å². The van der Waals surface area contributed by atoms with Gasteiger partial charge in [-0.25, -0.2) is 5.43 Å². The molecule has 1 aliphatic heterocycles. The van der Waals surface area contributed by atoms with Crippen LogP contribution in [0.15, 0.2) is 11.8 Å². The van der Waals surface area contributed by atoms with Crippen LogP contribution in [-0.4, -0.2) is 25.4 Å². The van der Waals surface area contributed by atoms with Crippen LogP contribution in [0.4, 0.5) is 0 Å². The van der Waals surface area contributed by atoms with E-state index >= 15 is 0 Å². The van der Waals surface area contributed by atoms with E-state index in [4.69, 9.17) is 15.3 Å². The van der Waals surface area contributed by atoms with Crippen molar-refractivity contribution in [3.63, 3.8) is 0 Å². The van der Waals surface area contributed by atoms with Crippen molar-refractivity contribution in [2.24, 2.45) is 5.84 Å². The van der Waals surface area contributed by atoms with Gasteiger partial charge < -0.3 is 9.47 Å². The van der Waals surface area contributed by atoms with E-state index in [2.05, 4.69) is 18.4 Å². The fourth-order valence-electron chi connectivity index (χ4n) is 1.87. The SMILES string of the molecule is CCCC(OCC)C(NN)C1=CCCO1. The molecule has 0 spiro atoms. The Morgan fingerprint density at radius 2 is 2.40 bits per heavy atom. The van der Waals surface area contributed by atoms with Gasteiger partial charge in [0.1, 0.15) is 11.8 Å². The maximum absolute atomic E-state index is 5.68. The van der Waals surface area contributed by atoms with E-state index in [1.54, 1.807) is 0 Å². The summed E-state index contributed by atoms with van der Waals surface area (Å²) in [6, 6.07) is -0.00704. The highest BCUT2D eigenvalue weighted by atomic mass is 16.5. The molecule has 0 bridgehead atoms. The Bertz CT molecular complexity index is 201. The molecule has 88 valence electrons. The lowest BCUT2D eigenvalue weighted by Crippen LogP contribution is -2.46. The topological polar surface area (TPSA) is 56.5 Å². The molecule has 0 saturated heterocycles. The largest absolute Gasteiger partial charge is 0.496 e. The van der Waals surface area contributed by atoms with Crippen LogP contribution < -0.4 is 11.3 Å². The number of hydrogen-bond donors (Lipinski definition) is 2. The first-order valence-corrected chi connectivity index (χ1v) is 5.74. The highest BCUT2D eigenvalue weighted by Crippen LogP contribution is 2.19. The lowest BCUT2D eigenvalue weighted by Gasteiger charge is -2.26. The zero-order chi connectivity index (χ0) is 11.1. The smallest absolute Gasteiger partial charge is 0.113 e. The molecule has 3 N–H and O–H groups in total. The second kappa shape index (κ2) is 6.82. The summed E-state index contributed by atoms with van der Waals surface area (Å²) >= 11 is 0. The monoisotopic (exact) mass is 214 g/mol. The van der Waals surface area contributed by atoms with Gasteiger partial charge in [-0.3, -0.25) is 5.84 Å². The van der Waals surface area contributed by atoms with E-state index in [0.29, 0.717) is 6.61 Å². The van der Waals surface area contributed by atoms with Gasteiger partial charge in [-0.1, -0.05) is 13.3 Å². The molecule has 4 nitrogen and oxygen atoms in total. The minimum Gasteiger partial charge on any atom is -0.496 e. The summed E-state index contributed by atoms with van der Waals surface area (Å²) in [7, 11) is 0. The summed E-state index contributed by atoms with van der Waals surface area (Å²) in [6.45, 7) is 5.61. The van der Waals surface area contributed by atoms with Crippen molar-refractivity contribution in [2.45, 2.75) is 45.3 Å². The predicted molar refractivity (Wildman–Crippen MR) is 60.1 cm³/mol. The third-order valence-electron chi connectivity index (χ3n) is 2.54. The average Bonchev–Trinajstić information content (AvgIpc) is 2.73. The van der Waals surface area contributed by atoms with Crippen molar-refractivity contribution in [2.75, 3.05) is 13.2 Å². The Balaban J connectivity index is 2.59. The Kier molecular flexibility index (Phi) is 5.68. The molecule has 0 aromatic heterocycles. The maximum atomic E-state index is 5.68. The van der Waals surface area contributed by atoms with Crippen molar-refractivity contribution in [1.82, 2.24) is 5.43 Å². The molecular weight excluding hydrogens is 192 g/mol. The normalized spacial score (nSPS) is 19.5. The molecule has 4 heteroatoms. The molecule has 0 radical (unpaired) electrons. The molecule has 15 heavy (non-hydrogen) atoms. The van der Waals surface area contributed by atoms with Crippen molar-refractivity contribution < 1.29 is 9.47 Å². The highest BCUT2D eigenvalue weighted by Gasteiger charge is 2.26. The zero-order valence-electron chi connectivity index (χ0n) is 9.66. The first-order valence-electron chi connectivity index (χ1n) is 5.74.